The van der Waals surface area contributed by atoms with Crippen molar-refractivity contribution >= 4 is 23.7 Å². The van der Waals surface area contributed by atoms with Crippen molar-refractivity contribution in [1.82, 2.24) is 0 Å². The zero-order valence-electron chi connectivity index (χ0n) is 27.8. The number of hydrogen-bond donors (Lipinski definition) is 6. The molecule has 6 aliphatic rings. The third-order valence-corrected chi connectivity index (χ3v) is 12.1. The maximum absolute atomic E-state index is 13.8. The minimum Gasteiger partial charge on any atom is -0.467 e. The molecule has 0 aromatic rings. The summed E-state index contributed by atoms with van der Waals surface area (Å²) >= 11 is 0. The summed E-state index contributed by atoms with van der Waals surface area (Å²) < 4.78 is 34.2. The highest BCUT2D eigenvalue weighted by molar-refractivity contribution is 5.97. The van der Waals surface area contributed by atoms with E-state index in [9.17, 15) is 49.8 Å². The largest absolute Gasteiger partial charge is 0.467 e. The van der Waals surface area contributed by atoms with Crippen molar-refractivity contribution in [2.45, 2.75) is 101 Å². The molecule has 16 heteroatoms. The Morgan fingerprint density at radius 3 is 2.39 bits per heavy atom. The van der Waals surface area contributed by atoms with Gasteiger partial charge in [0.15, 0.2) is 11.5 Å². The van der Waals surface area contributed by atoms with Crippen LogP contribution in [0.15, 0.2) is 23.5 Å². The third-order valence-electron chi connectivity index (χ3n) is 12.1. The first-order valence-corrected chi connectivity index (χ1v) is 16.5. The summed E-state index contributed by atoms with van der Waals surface area (Å²) in [6.07, 6.45) is -11.6. The van der Waals surface area contributed by atoms with Crippen molar-refractivity contribution in [3.63, 3.8) is 0 Å². The fraction of sp³-hybridized carbons (Fsp3) is 0.758. The molecule has 6 N–H and O–H groups in total. The minimum absolute atomic E-state index is 0.0465. The highest BCUT2D eigenvalue weighted by atomic mass is 16.7. The van der Waals surface area contributed by atoms with E-state index in [0.29, 0.717) is 12.0 Å². The maximum atomic E-state index is 13.8. The zero-order valence-corrected chi connectivity index (χ0v) is 27.8. The van der Waals surface area contributed by atoms with Gasteiger partial charge in [-0.1, -0.05) is 26.3 Å². The molecule has 1 spiro atoms. The summed E-state index contributed by atoms with van der Waals surface area (Å²) in [7, 11) is 1.06. The predicted molar refractivity (Wildman–Crippen MR) is 159 cm³/mol. The van der Waals surface area contributed by atoms with Gasteiger partial charge in [0.25, 0.3) is 0 Å². The molecule has 272 valence electrons. The van der Waals surface area contributed by atoms with Crippen LogP contribution in [0.3, 0.4) is 0 Å². The fourth-order valence-corrected chi connectivity index (χ4v) is 9.64. The first-order chi connectivity index (χ1) is 23.0. The number of ether oxygens (including phenoxy) is 6. The van der Waals surface area contributed by atoms with Gasteiger partial charge in [-0.15, -0.1) is 0 Å². The Bertz CT molecular complexity index is 1460. The number of hydrogen-bond acceptors (Lipinski definition) is 16. The Morgan fingerprint density at radius 1 is 1.06 bits per heavy atom. The van der Waals surface area contributed by atoms with Gasteiger partial charge in [-0.25, -0.2) is 14.4 Å². The van der Waals surface area contributed by atoms with E-state index in [2.05, 4.69) is 0 Å². The lowest BCUT2D eigenvalue weighted by molar-refractivity contribution is -0.296. The predicted octanol–water partition coefficient (Wildman–Crippen LogP) is -1.98. The lowest BCUT2D eigenvalue weighted by Gasteiger charge is -2.67. The summed E-state index contributed by atoms with van der Waals surface area (Å²) in [5, 5.41) is 64.7. The second-order valence-electron chi connectivity index (χ2n) is 14.4. The Kier molecular flexibility index (Phi) is 9.05. The van der Waals surface area contributed by atoms with Crippen LogP contribution < -0.4 is 0 Å². The molecule has 6 rings (SSSR count). The second-order valence-corrected chi connectivity index (χ2v) is 14.4. The van der Waals surface area contributed by atoms with E-state index in [1.807, 2.05) is 6.92 Å². The van der Waals surface area contributed by atoms with E-state index in [1.54, 1.807) is 20.8 Å². The molecule has 0 aromatic carbocycles. The van der Waals surface area contributed by atoms with Crippen molar-refractivity contribution in [2.24, 2.45) is 34.5 Å². The molecule has 0 radical (unpaired) electrons. The van der Waals surface area contributed by atoms with Gasteiger partial charge in [0.2, 0.25) is 18.0 Å². The molecule has 3 saturated heterocycles. The highest BCUT2D eigenvalue weighted by Crippen LogP contribution is 2.72. The van der Waals surface area contributed by atoms with Gasteiger partial charge in [-0.2, -0.15) is 0 Å². The molecule has 0 aromatic heterocycles. The lowest BCUT2D eigenvalue weighted by Crippen LogP contribution is -2.79. The molecule has 2 saturated carbocycles. The molecule has 5 fully saturated rings. The standard InChI is InChI=1S/C33H44O16/c1-6-12(2)7-18(35)49-24-26-32-11-45-33(26,30(43)44-5)27(41)23(40)25(32)31(4)9-15(19(36)13(3)14(31)8-17(32)48-28(24)42)46-29-22(39)21(38)20(37)16(10-34)47-29/h7,9,13-14,16-17,20-27,29,34,37-41H,6,8,10-11H2,1-5H3/b12-7+/t13-,14-,16+,17+,20+,21-,22+,23+,24+,25+,26+,27+,29+,31-,32+,33-/m0/s1. The molecule has 3 heterocycles. The Labute approximate surface area is 281 Å². The molecule has 3 aliphatic carbocycles. The number of esters is 3. The number of aliphatic hydroxyl groups is 6. The van der Waals surface area contributed by atoms with E-state index in [-0.39, 0.29) is 18.8 Å². The minimum atomic E-state index is -2.34. The van der Waals surface area contributed by atoms with Crippen LogP contribution in [0.25, 0.3) is 0 Å². The van der Waals surface area contributed by atoms with Crippen molar-refractivity contribution in [3.8, 4) is 0 Å². The Balaban J connectivity index is 1.48. The third kappa shape index (κ3) is 4.86. The van der Waals surface area contributed by atoms with Gasteiger partial charge in [-0.3, -0.25) is 4.79 Å². The summed E-state index contributed by atoms with van der Waals surface area (Å²) in [5.74, 6) is -7.83. The van der Waals surface area contributed by atoms with Crippen molar-refractivity contribution in [2.75, 3.05) is 20.3 Å². The lowest BCUT2D eigenvalue weighted by atomic mass is 9.38. The summed E-state index contributed by atoms with van der Waals surface area (Å²) in [4.78, 5) is 54.2. The quantitative estimate of drug-likeness (QED) is 0.0960. The monoisotopic (exact) mass is 696 g/mol. The first kappa shape index (κ1) is 35.9. The van der Waals surface area contributed by atoms with Crippen LogP contribution in [-0.4, -0.2) is 135 Å². The molecular formula is C33H44O16. The number of Topliss-reactive ketones (excluding diaryl/α,β-unsaturated/α-hetero) is 1. The van der Waals surface area contributed by atoms with Gasteiger partial charge in [0.1, 0.15) is 36.6 Å². The van der Waals surface area contributed by atoms with Crippen molar-refractivity contribution in [1.29, 1.82) is 0 Å². The van der Waals surface area contributed by atoms with Crippen LogP contribution in [0, 0.1) is 34.5 Å². The van der Waals surface area contributed by atoms with Crippen LogP contribution in [-0.2, 0) is 47.6 Å². The van der Waals surface area contributed by atoms with Gasteiger partial charge >= 0.3 is 17.9 Å². The molecule has 49 heavy (non-hydrogen) atoms. The summed E-state index contributed by atoms with van der Waals surface area (Å²) in [6, 6.07) is 0. The smallest absolute Gasteiger partial charge is 0.348 e. The van der Waals surface area contributed by atoms with Gasteiger partial charge in [0.05, 0.1) is 32.3 Å². The molecular weight excluding hydrogens is 652 g/mol. The number of rotatable bonds is 7. The zero-order chi connectivity index (χ0) is 36.0. The number of carbonyl (C=O) groups is 4. The van der Waals surface area contributed by atoms with Crippen LogP contribution in [0.2, 0.25) is 0 Å². The van der Waals surface area contributed by atoms with E-state index in [4.69, 9.17) is 28.4 Å². The number of ketones is 1. The van der Waals surface area contributed by atoms with Crippen molar-refractivity contribution in [3.05, 3.63) is 23.5 Å². The van der Waals surface area contributed by atoms with E-state index >= 15 is 0 Å². The molecule has 3 aliphatic heterocycles. The Morgan fingerprint density at radius 2 is 1.76 bits per heavy atom. The van der Waals surface area contributed by atoms with Gasteiger partial charge in [-0.05, 0) is 37.2 Å². The summed E-state index contributed by atoms with van der Waals surface area (Å²) in [5.41, 5.74) is -4.44. The fourth-order valence-electron chi connectivity index (χ4n) is 9.64. The molecule has 0 amide bonds. The average molecular weight is 697 g/mol. The average Bonchev–Trinajstić information content (AvgIpc) is 3.38. The van der Waals surface area contributed by atoms with Gasteiger partial charge in [0, 0.05) is 23.3 Å². The number of fused-ring (bicyclic) bond motifs is 2. The van der Waals surface area contributed by atoms with Crippen LogP contribution in [0.5, 0.6) is 0 Å². The van der Waals surface area contributed by atoms with E-state index in [0.717, 1.165) is 7.11 Å². The molecule has 16 atom stereocenters. The highest BCUT2D eigenvalue weighted by Gasteiger charge is 2.85. The molecule has 2 bridgehead atoms. The number of aliphatic hydroxyl groups excluding tert-OH is 6. The molecule has 16 nitrogen and oxygen atoms in total. The van der Waals surface area contributed by atoms with E-state index < -0.39 is 126 Å². The topological polar surface area (TPSA) is 245 Å². The molecule has 0 unspecified atom stereocenters. The van der Waals surface area contributed by atoms with Crippen LogP contribution in [0.4, 0.5) is 0 Å². The SMILES string of the molecule is CC/C(C)=C/C(=O)O[C@H]1C(=O)O[C@@H]2C[C@H]3[C@H](C)C(=O)C(O[C@@H]4O[C@H](CO)[C@@H](O)[C@H](O)[C@H]4O)=C[C@]3(C)[C@H]3[C@@H](O)[C@@H](O)[C@@]4(C(=O)OC)OC[C@]32[C@@H]14. The van der Waals surface area contributed by atoms with Crippen LogP contribution >= 0.6 is 0 Å². The van der Waals surface area contributed by atoms with E-state index in [1.165, 1.54) is 12.2 Å². The van der Waals surface area contributed by atoms with Crippen LogP contribution in [0.1, 0.15) is 40.5 Å². The summed E-state index contributed by atoms with van der Waals surface area (Å²) in [6.45, 7) is 5.78. The maximum Gasteiger partial charge on any atom is 0.348 e. The Hall–Kier alpha value is -2.96. The number of carbonyl (C=O) groups excluding carboxylic acids is 4. The normalized spacial score (nSPS) is 48.8. The number of methoxy groups -OCH3 is 1. The number of allylic oxidation sites excluding steroid dienone is 3. The second kappa shape index (κ2) is 12.4. The van der Waals surface area contributed by atoms with Gasteiger partial charge < -0.3 is 59.1 Å². The van der Waals surface area contributed by atoms with Crippen molar-refractivity contribution < 1.29 is 78.2 Å². The first-order valence-electron chi connectivity index (χ1n) is 16.5.